The third-order valence-corrected chi connectivity index (χ3v) is 6.69. The number of hydrogen-bond donors (Lipinski definition) is 0. The van der Waals surface area contributed by atoms with Crippen LogP contribution in [0.25, 0.3) is 10.9 Å². The van der Waals surface area contributed by atoms with Gasteiger partial charge >= 0.3 is 0 Å². The maximum atomic E-state index is 6.70. The van der Waals surface area contributed by atoms with E-state index >= 15 is 0 Å². The van der Waals surface area contributed by atoms with Gasteiger partial charge in [0.05, 0.1) is 12.6 Å². The molecule has 1 aliphatic heterocycles. The van der Waals surface area contributed by atoms with Crippen LogP contribution < -0.4 is 0 Å². The van der Waals surface area contributed by atoms with Crippen LogP contribution in [0, 0.1) is 6.92 Å². The molecule has 29 heavy (non-hydrogen) atoms. The van der Waals surface area contributed by atoms with E-state index in [1.54, 1.807) is 0 Å². The van der Waals surface area contributed by atoms with Crippen LogP contribution in [0.1, 0.15) is 54.2 Å². The highest BCUT2D eigenvalue weighted by Gasteiger charge is 2.27. The van der Waals surface area contributed by atoms with E-state index in [9.17, 15) is 0 Å². The maximum absolute atomic E-state index is 6.70. The van der Waals surface area contributed by atoms with Crippen LogP contribution in [0.2, 0.25) is 0 Å². The molecule has 0 spiro atoms. The van der Waals surface area contributed by atoms with Gasteiger partial charge in [-0.2, -0.15) is 0 Å². The minimum Gasteiger partial charge on any atom is -0.368 e. The van der Waals surface area contributed by atoms with Gasteiger partial charge in [-0.05, 0) is 62.2 Å². The van der Waals surface area contributed by atoms with Gasteiger partial charge in [0.2, 0.25) is 0 Å². The van der Waals surface area contributed by atoms with Crippen molar-refractivity contribution in [1.82, 2.24) is 14.5 Å². The minimum absolute atomic E-state index is 0.0711. The Bertz CT molecular complexity index is 988. The molecule has 2 aromatic heterocycles. The highest BCUT2D eigenvalue weighted by Crippen LogP contribution is 2.35. The molecule has 1 fully saturated rings. The van der Waals surface area contributed by atoms with Crippen LogP contribution in [0.4, 0.5) is 0 Å². The van der Waals surface area contributed by atoms with Gasteiger partial charge in [0, 0.05) is 48.5 Å². The monoisotopic (exact) mass is 389 g/mol. The number of likely N-dealkylation sites (N-methyl/N-ethyl adjacent to an activating group) is 1. The summed E-state index contributed by atoms with van der Waals surface area (Å²) in [6.45, 7) is 5.22. The molecule has 2 aliphatic rings. The molecular formula is C25H31N3O. The van der Waals surface area contributed by atoms with E-state index in [1.807, 2.05) is 12.4 Å². The molecular weight excluding hydrogens is 358 g/mol. The summed E-state index contributed by atoms with van der Waals surface area (Å²) in [5.74, 6) is 0. The minimum atomic E-state index is 0.0711. The molecule has 1 aromatic carbocycles. The Balaban J connectivity index is 1.56. The highest BCUT2D eigenvalue weighted by molar-refractivity contribution is 5.86. The van der Waals surface area contributed by atoms with Crippen LogP contribution in [0.15, 0.2) is 42.7 Å². The predicted molar refractivity (Wildman–Crippen MR) is 117 cm³/mol. The molecule has 5 rings (SSSR count). The van der Waals surface area contributed by atoms with E-state index in [4.69, 9.17) is 4.74 Å². The van der Waals surface area contributed by atoms with E-state index in [2.05, 4.69) is 58.8 Å². The smallest absolute Gasteiger partial charge is 0.101 e. The van der Waals surface area contributed by atoms with Gasteiger partial charge in [-0.25, -0.2) is 0 Å². The first-order chi connectivity index (χ1) is 14.2. The number of rotatable bonds is 5. The Kier molecular flexibility index (Phi) is 5.15. The van der Waals surface area contributed by atoms with Crippen molar-refractivity contribution in [2.75, 3.05) is 13.6 Å². The average molecular weight is 390 g/mol. The molecule has 0 unspecified atom stereocenters. The molecule has 4 heteroatoms. The standard InChI is InChI=1S/C25H31N3O/c1-18-7-8-23-21(15-18)22-16-27(2)14-11-24(22)28(23)17-25(19-9-12-26-13-10-19)29-20-5-3-4-6-20/h7-10,12-13,15,20,25H,3-6,11,14,16-17H2,1-2H3/t25-/m1/s1. The van der Waals surface area contributed by atoms with Crippen molar-refractivity contribution in [2.24, 2.45) is 0 Å². The molecule has 0 saturated heterocycles. The van der Waals surface area contributed by atoms with Gasteiger partial charge in [-0.15, -0.1) is 0 Å². The number of benzene rings is 1. The van der Waals surface area contributed by atoms with E-state index in [-0.39, 0.29) is 6.10 Å². The van der Waals surface area contributed by atoms with Crippen molar-refractivity contribution in [3.8, 4) is 0 Å². The average Bonchev–Trinajstić information content (AvgIpc) is 3.35. The summed E-state index contributed by atoms with van der Waals surface area (Å²) in [5.41, 5.74) is 6.93. The normalized spacial score (nSPS) is 19.0. The first kappa shape index (κ1) is 18.8. The number of hydrogen-bond acceptors (Lipinski definition) is 3. The van der Waals surface area contributed by atoms with Gasteiger partial charge in [-0.3, -0.25) is 4.98 Å². The number of fused-ring (bicyclic) bond motifs is 3. The molecule has 0 radical (unpaired) electrons. The second-order valence-electron chi connectivity index (χ2n) is 8.86. The Morgan fingerprint density at radius 2 is 1.93 bits per heavy atom. The number of aromatic nitrogens is 2. The fourth-order valence-corrected chi connectivity index (χ4v) is 5.13. The van der Waals surface area contributed by atoms with Crippen molar-refractivity contribution >= 4 is 10.9 Å². The molecule has 4 nitrogen and oxygen atoms in total. The zero-order valence-electron chi connectivity index (χ0n) is 17.6. The third kappa shape index (κ3) is 3.72. The molecule has 1 saturated carbocycles. The largest absolute Gasteiger partial charge is 0.368 e. The zero-order chi connectivity index (χ0) is 19.8. The molecule has 0 amide bonds. The molecule has 3 heterocycles. The van der Waals surface area contributed by atoms with Crippen LogP contribution in [-0.2, 0) is 24.2 Å². The summed E-state index contributed by atoms with van der Waals surface area (Å²) in [6, 6.07) is 11.2. The van der Waals surface area contributed by atoms with Crippen LogP contribution in [0.5, 0.6) is 0 Å². The van der Waals surface area contributed by atoms with Crippen molar-refractivity contribution in [2.45, 2.75) is 64.3 Å². The topological polar surface area (TPSA) is 30.3 Å². The van der Waals surface area contributed by atoms with Gasteiger partial charge < -0.3 is 14.2 Å². The lowest BCUT2D eigenvalue weighted by Gasteiger charge is -2.27. The van der Waals surface area contributed by atoms with Gasteiger partial charge in [0.15, 0.2) is 0 Å². The Morgan fingerprint density at radius 3 is 2.72 bits per heavy atom. The van der Waals surface area contributed by atoms with Crippen LogP contribution >= 0.6 is 0 Å². The summed E-state index contributed by atoms with van der Waals surface area (Å²) in [4.78, 5) is 6.66. The lowest BCUT2D eigenvalue weighted by atomic mass is 10.0. The maximum Gasteiger partial charge on any atom is 0.101 e. The summed E-state index contributed by atoms with van der Waals surface area (Å²) in [5, 5.41) is 1.42. The van der Waals surface area contributed by atoms with Crippen LogP contribution in [0.3, 0.4) is 0 Å². The number of ether oxygens (including phenoxy) is 1. The molecule has 0 bridgehead atoms. The fraction of sp³-hybridized carbons (Fsp3) is 0.480. The highest BCUT2D eigenvalue weighted by atomic mass is 16.5. The number of pyridine rings is 1. The summed E-state index contributed by atoms with van der Waals surface area (Å²) in [6.07, 6.45) is 10.3. The molecule has 3 aromatic rings. The summed E-state index contributed by atoms with van der Waals surface area (Å²) in [7, 11) is 2.23. The van der Waals surface area contributed by atoms with E-state index in [0.29, 0.717) is 6.10 Å². The number of nitrogens with zero attached hydrogens (tertiary/aromatic N) is 3. The fourth-order valence-electron chi connectivity index (χ4n) is 5.13. The van der Waals surface area contributed by atoms with E-state index < -0.39 is 0 Å². The van der Waals surface area contributed by atoms with E-state index in [1.165, 1.54) is 59.0 Å². The van der Waals surface area contributed by atoms with E-state index in [0.717, 1.165) is 26.1 Å². The van der Waals surface area contributed by atoms with Crippen molar-refractivity contribution in [1.29, 1.82) is 0 Å². The first-order valence-corrected chi connectivity index (χ1v) is 11.0. The third-order valence-electron chi connectivity index (χ3n) is 6.69. The van der Waals surface area contributed by atoms with Crippen LogP contribution in [-0.4, -0.2) is 34.1 Å². The molecule has 152 valence electrons. The van der Waals surface area contributed by atoms with Crippen molar-refractivity contribution < 1.29 is 4.74 Å². The van der Waals surface area contributed by atoms with Gasteiger partial charge in [-0.1, -0.05) is 24.5 Å². The molecule has 1 atom stereocenters. The van der Waals surface area contributed by atoms with Crippen molar-refractivity contribution in [3.63, 3.8) is 0 Å². The molecule has 0 N–H and O–H groups in total. The van der Waals surface area contributed by atoms with Gasteiger partial charge in [0.25, 0.3) is 0 Å². The van der Waals surface area contributed by atoms with Crippen molar-refractivity contribution in [3.05, 3.63) is 65.1 Å². The zero-order valence-corrected chi connectivity index (χ0v) is 17.6. The second-order valence-corrected chi connectivity index (χ2v) is 8.86. The Hall–Kier alpha value is -2.17. The quantitative estimate of drug-likeness (QED) is 0.613. The Labute approximate surface area is 173 Å². The second kappa shape index (κ2) is 7.92. The van der Waals surface area contributed by atoms with Gasteiger partial charge in [0.1, 0.15) is 6.10 Å². The summed E-state index contributed by atoms with van der Waals surface area (Å²) < 4.78 is 9.25. The predicted octanol–water partition coefficient (Wildman–Crippen LogP) is 5.03. The summed E-state index contributed by atoms with van der Waals surface area (Å²) >= 11 is 0. The lowest BCUT2D eigenvalue weighted by molar-refractivity contribution is -0.0183. The molecule has 1 aliphatic carbocycles. The lowest BCUT2D eigenvalue weighted by Crippen LogP contribution is -2.28. The first-order valence-electron chi connectivity index (χ1n) is 11.0. The SMILES string of the molecule is Cc1ccc2c(c1)c1c(n2C[C@@H](OC2CCCC2)c2ccncc2)CCN(C)C1. The Morgan fingerprint density at radius 1 is 1.14 bits per heavy atom. The number of aryl methyl sites for hydroxylation is 1.